The minimum Gasteiger partial charge on any atom is -0.383 e. The average molecular weight is 347 g/mol. The summed E-state index contributed by atoms with van der Waals surface area (Å²) in [4.78, 5) is 4.57. The first-order valence-electron chi connectivity index (χ1n) is 5.17. The highest BCUT2D eigenvalue weighted by atomic mass is 79.9. The van der Waals surface area contributed by atoms with Crippen LogP contribution in [-0.4, -0.2) is 9.38 Å². The van der Waals surface area contributed by atoms with Crippen molar-refractivity contribution in [3.05, 3.63) is 26.4 Å². The molecule has 0 radical (unpaired) electrons. The summed E-state index contributed by atoms with van der Waals surface area (Å²) in [5, 5.41) is 0. The molecule has 0 aromatic carbocycles. The fourth-order valence-corrected chi connectivity index (χ4v) is 2.99. The Balaban J connectivity index is 2.80. The Bertz CT molecular complexity index is 546. The van der Waals surface area contributed by atoms with E-state index in [2.05, 4.69) is 43.8 Å². The highest BCUT2D eigenvalue weighted by Gasteiger charge is 2.14. The van der Waals surface area contributed by atoms with Crippen LogP contribution in [0.25, 0.3) is 5.65 Å². The van der Waals surface area contributed by atoms with Crippen LogP contribution in [0.5, 0.6) is 0 Å². The van der Waals surface area contributed by atoms with Gasteiger partial charge in [-0.25, -0.2) is 4.98 Å². The molecule has 2 rings (SSSR count). The van der Waals surface area contributed by atoms with Crippen LogP contribution in [0.3, 0.4) is 0 Å². The van der Waals surface area contributed by atoms with Gasteiger partial charge in [0.2, 0.25) is 0 Å². The minimum absolute atomic E-state index is 0.747. The van der Waals surface area contributed by atoms with Crippen LogP contribution in [0.4, 0.5) is 5.82 Å². The molecule has 86 valence electrons. The van der Waals surface area contributed by atoms with E-state index in [1.54, 1.807) is 0 Å². The van der Waals surface area contributed by atoms with Gasteiger partial charge in [0.05, 0.1) is 10.2 Å². The lowest BCUT2D eigenvalue weighted by atomic mass is 10.2. The van der Waals surface area contributed by atoms with Crippen molar-refractivity contribution in [3.63, 3.8) is 0 Å². The maximum Gasteiger partial charge on any atom is 0.153 e. The van der Waals surface area contributed by atoms with Crippen LogP contribution in [-0.2, 0) is 6.42 Å². The smallest absolute Gasteiger partial charge is 0.153 e. The molecule has 0 unspecified atom stereocenters. The van der Waals surface area contributed by atoms with Gasteiger partial charge < -0.3 is 5.73 Å². The molecule has 2 heterocycles. The van der Waals surface area contributed by atoms with E-state index in [4.69, 9.17) is 5.73 Å². The van der Waals surface area contributed by atoms with Crippen molar-refractivity contribution in [2.24, 2.45) is 0 Å². The van der Waals surface area contributed by atoms with Crippen LogP contribution in [0.15, 0.2) is 15.0 Å². The van der Waals surface area contributed by atoms with Gasteiger partial charge in [-0.2, -0.15) is 0 Å². The number of nitrogen functional groups attached to an aromatic ring is 1. The summed E-state index contributed by atoms with van der Waals surface area (Å²) < 4.78 is 3.97. The highest BCUT2D eigenvalue weighted by molar-refractivity contribution is 9.11. The first-order chi connectivity index (χ1) is 7.56. The Labute approximate surface area is 111 Å². The number of halogens is 2. The maximum atomic E-state index is 6.12. The Morgan fingerprint density at radius 3 is 2.69 bits per heavy atom. The monoisotopic (exact) mass is 345 g/mol. The molecular weight excluding hydrogens is 334 g/mol. The van der Waals surface area contributed by atoms with E-state index in [9.17, 15) is 0 Å². The molecule has 2 aromatic heterocycles. The molecule has 2 aromatic rings. The second-order valence-electron chi connectivity index (χ2n) is 3.78. The first-order valence-corrected chi connectivity index (χ1v) is 6.76. The quantitative estimate of drug-likeness (QED) is 0.900. The van der Waals surface area contributed by atoms with E-state index in [-0.39, 0.29) is 0 Å². The standard InChI is InChI=1S/C11H13Br2N3/c1-3-4-9-10(14)16-6(2)7(12)5-8(13)11(16)15-9/h5H,3-4,14H2,1-2H3. The highest BCUT2D eigenvalue weighted by Crippen LogP contribution is 2.29. The van der Waals surface area contributed by atoms with E-state index < -0.39 is 0 Å². The summed E-state index contributed by atoms with van der Waals surface area (Å²) in [5.74, 6) is 0.747. The number of hydrogen-bond acceptors (Lipinski definition) is 2. The molecule has 0 amide bonds. The first kappa shape index (κ1) is 11.9. The number of imidazole rings is 1. The third-order valence-electron chi connectivity index (χ3n) is 2.62. The Hall–Kier alpha value is -0.550. The summed E-state index contributed by atoms with van der Waals surface area (Å²) >= 11 is 7.03. The number of anilines is 1. The van der Waals surface area contributed by atoms with Crippen molar-refractivity contribution in [1.29, 1.82) is 0 Å². The SMILES string of the molecule is CCCc1nc2c(Br)cc(Br)c(C)n2c1N. The number of nitrogens with two attached hydrogens (primary N) is 1. The molecule has 0 spiro atoms. The molecule has 0 fully saturated rings. The third kappa shape index (κ3) is 1.76. The lowest BCUT2D eigenvalue weighted by Crippen LogP contribution is -2.00. The van der Waals surface area contributed by atoms with Gasteiger partial charge in [-0.1, -0.05) is 13.3 Å². The van der Waals surface area contributed by atoms with Crippen LogP contribution < -0.4 is 5.73 Å². The Kier molecular flexibility index (Phi) is 3.26. The van der Waals surface area contributed by atoms with Gasteiger partial charge in [0.25, 0.3) is 0 Å². The zero-order valence-electron chi connectivity index (χ0n) is 9.22. The zero-order chi connectivity index (χ0) is 11.9. The van der Waals surface area contributed by atoms with Crippen molar-refractivity contribution in [1.82, 2.24) is 9.38 Å². The van der Waals surface area contributed by atoms with Gasteiger partial charge >= 0.3 is 0 Å². The largest absolute Gasteiger partial charge is 0.383 e. The predicted octanol–water partition coefficient (Wildman–Crippen LogP) is 3.70. The molecule has 2 N–H and O–H groups in total. The molecule has 0 bridgehead atoms. The van der Waals surface area contributed by atoms with Crippen LogP contribution >= 0.6 is 31.9 Å². The molecule has 16 heavy (non-hydrogen) atoms. The molecule has 0 atom stereocenters. The summed E-state index contributed by atoms with van der Waals surface area (Å²) in [6.45, 7) is 4.15. The van der Waals surface area contributed by atoms with Crippen molar-refractivity contribution >= 4 is 43.3 Å². The predicted molar refractivity (Wildman–Crippen MR) is 73.7 cm³/mol. The van der Waals surface area contributed by atoms with Gasteiger partial charge in [-0.3, -0.25) is 4.40 Å². The topological polar surface area (TPSA) is 43.3 Å². The van der Waals surface area contributed by atoms with Crippen molar-refractivity contribution in [2.75, 3.05) is 5.73 Å². The fourth-order valence-electron chi connectivity index (χ4n) is 1.79. The van der Waals surface area contributed by atoms with E-state index in [1.165, 1.54) is 0 Å². The summed E-state index contributed by atoms with van der Waals surface area (Å²) in [6.07, 6.45) is 1.96. The van der Waals surface area contributed by atoms with Gasteiger partial charge in [-0.15, -0.1) is 0 Å². The average Bonchev–Trinajstić information content (AvgIpc) is 2.55. The number of nitrogens with zero attached hydrogens (tertiary/aromatic N) is 2. The number of fused-ring (bicyclic) bond motifs is 1. The van der Waals surface area contributed by atoms with Crippen LogP contribution in [0.2, 0.25) is 0 Å². The van der Waals surface area contributed by atoms with E-state index in [0.717, 1.165) is 44.6 Å². The normalized spacial score (nSPS) is 11.2. The maximum absolute atomic E-state index is 6.12. The lowest BCUT2D eigenvalue weighted by Gasteiger charge is -2.06. The molecule has 0 saturated heterocycles. The molecule has 0 aliphatic rings. The van der Waals surface area contributed by atoms with E-state index >= 15 is 0 Å². The number of pyridine rings is 1. The van der Waals surface area contributed by atoms with Gasteiger partial charge in [0, 0.05) is 10.2 Å². The Morgan fingerprint density at radius 2 is 2.06 bits per heavy atom. The molecule has 5 heteroatoms. The fraction of sp³-hybridized carbons (Fsp3) is 0.364. The van der Waals surface area contributed by atoms with E-state index in [0.29, 0.717) is 0 Å². The number of rotatable bonds is 2. The second kappa shape index (κ2) is 4.37. The zero-order valence-corrected chi connectivity index (χ0v) is 12.4. The summed E-state index contributed by atoms with van der Waals surface area (Å²) in [6, 6.07) is 2.01. The number of aryl methyl sites for hydroxylation is 2. The number of hydrogen-bond donors (Lipinski definition) is 1. The van der Waals surface area contributed by atoms with Crippen molar-refractivity contribution in [2.45, 2.75) is 26.7 Å². The molecule has 0 saturated carbocycles. The molecular formula is C11H13Br2N3. The summed E-state index contributed by atoms with van der Waals surface area (Å²) in [7, 11) is 0. The van der Waals surface area contributed by atoms with Crippen molar-refractivity contribution < 1.29 is 0 Å². The number of aromatic nitrogens is 2. The van der Waals surface area contributed by atoms with E-state index in [1.807, 2.05) is 17.4 Å². The lowest BCUT2D eigenvalue weighted by molar-refractivity contribution is 0.896. The molecule has 0 aliphatic heterocycles. The molecule has 0 aliphatic carbocycles. The third-order valence-corrected chi connectivity index (χ3v) is 4.01. The van der Waals surface area contributed by atoms with Gasteiger partial charge in [0.1, 0.15) is 5.82 Å². The molecule has 3 nitrogen and oxygen atoms in total. The van der Waals surface area contributed by atoms with Crippen LogP contribution in [0, 0.1) is 6.92 Å². The van der Waals surface area contributed by atoms with Crippen molar-refractivity contribution in [3.8, 4) is 0 Å². The van der Waals surface area contributed by atoms with Crippen LogP contribution in [0.1, 0.15) is 24.7 Å². The van der Waals surface area contributed by atoms with Gasteiger partial charge in [0.15, 0.2) is 5.65 Å². The Morgan fingerprint density at radius 1 is 1.38 bits per heavy atom. The minimum atomic E-state index is 0.747. The summed E-state index contributed by atoms with van der Waals surface area (Å²) in [5.41, 5.74) is 9.06. The second-order valence-corrected chi connectivity index (χ2v) is 5.49. The van der Waals surface area contributed by atoms with Gasteiger partial charge in [-0.05, 0) is 51.3 Å².